The lowest BCUT2D eigenvalue weighted by Gasteiger charge is -2.37. The molecule has 0 atom stereocenters. The van der Waals surface area contributed by atoms with Crippen molar-refractivity contribution in [2.75, 3.05) is 25.0 Å². The third kappa shape index (κ3) is 3.93. The van der Waals surface area contributed by atoms with Gasteiger partial charge in [0.05, 0.1) is 5.69 Å². The largest absolute Gasteiger partial charge is 0.444 e. The van der Waals surface area contributed by atoms with Crippen molar-refractivity contribution in [3.63, 3.8) is 0 Å². The summed E-state index contributed by atoms with van der Waals surface area (Å²) in [5, 5.41) is 0. The normalized spacial score (nSPS) is 16.7. The van der Waals surface area contributed by atoms with Crippen LogP contribution in [0.4, 0.5) is 10.6 Å². The van der Waals surface area contributed by atoms with Crippen LogP contribution in [-0.4, -0.2) is 52.7 Å². The van der Waals surface area contributed by atoms with E-state index >= 15 is 0 Å². The van der Waals surface area contributed by atoms with Gasteiger partial charge in [-0.25, -0.2) is 9.78 Å². The summed E-state index contributed by atoms with van der Waals surface area (Å²) in [5.74, 6) is 2.01. The number of rotatable bonds is 2. The highest BCUT2D eigenvalue weighted by Gasteiger charge is 2.29. The molecule has 1 aliphatic heterocycles. The molecule has 0 unspecified atom stereocenters. The van der Waals surface area contributed by atoms with Gasteiger partial charge in [0.1, 0.15) is 17.2 Å². The van der Waals surface area contributed by atoms with Gasteiger partial charge in [0.15, 0.2) is 0 Å². The van der Waals surface area contributed by atoms with E-state index in [2.05, 4.69) is 21.9 Å². The average molecular weight is 308 g/mol. The summed E-state index contributed by atoms with van der Waals surface area (Å²) < 4.78 is 5.44. The van der Waals surface area contributed by atoms with E-state index in [1.54, 1.807) is 4.90 Å². The molecule has 0 aliphatic carbocycles. The third-order valence-corrected chi connectivity index (χ3v) is 3.99. The standard InChI is InChI=1S/C16H28N4O2/c1-11-14(18-12(2)17-11)19(6)13-7-9-20(10-8-13)15(21)22-16(3,4)5/h13H,7-10H2,1-6H3,(H,17,18). The first-order valence-electron chi connectivity index (χ1n) is 7.91. The highest BCUT2D eigenvalue weighted by atomic mass is 16.6. The van der Waals surface area contributed by atoms with Crippen LogP contribution in [-0.2, 0) is 4.74 Å². The molecule has 6 nitrogen and oxygen atoms in total. The van der Waals surface area contributed by atoms with Gasteiger partial charge in [-0.2, -0.15) is 0 Å². The second-order valence-corrected chi connectivity index (χ2v) is 7.07. The number of piperidine rings is 1. The third-order valence-electron chi connectivity index (χ3n) is 3.99. The topological polar surface area (TPSA) is 61.5 Å². The van der Waals surface area contributed by atoms with E-state index in [0.717, 1.165) is 43.3 Å². The van der Waals surface area contributed by atoms with Gasteiger partial charge in [-0.15, -0.1) is 0 Å². The maximum Gasteiger partial charge on any atom is 0.410 e. The first kappa shape index (κ1) is 16.6. The Morgan fingerprint density at radius 2 is 1.91 bits per heavy atom. The fraction of sp³-hybridized carbons (Fsp3) is 0.750. The molecule has 0 spiro atoms. The molecule has 2 heterocycles. The zero-order chi connectivity index (χ0) is 16.5. The summed E-state index contributed by atoms with van der Waals surface area (Å²) >= 11 is 0. The van der Waals surface area contributed by atoms with E-state index in [0.29, 0.717) is 6.04 Å². The highest BCUT2D eigenvalue weighted by Crippen LogP contribution is 2.24. The van der Waals surface area contributed by atoms with E-state index in [-0.39, 0.29) is 6.09 Å². The number of hydrogen-bond acceptors (Lipinski definition) is 4. The first-order chi connectivity index (χ1) is 10.2. The van der Waals surface area contributed by atoms with E-state index in [1.165, 1.54) is 0 Å². The Kier molecular flexibility index (Phi) is 4.68. The van der Waals surface area contributed by atoms with Crippen LogP contribution in [0.1, 0.15) is 45.1 Å². The summed E-state index contributed by atoms with van der Waals surface area (Å²) in [6, 6.07) is 0.414. The highest BCUT2D eigenvalue weighted by molar-refractivity contribution is 5.68. The second kappa shape index (κ2) is 6.18. The van der Waals surface area contributed by atoms with Crippen molar-refractivity contribution < 1.29 is 9.53 Å². The van der Waals surface area contributed by atoms with Gasteiger partial charge in [-0.3, -0.25) is 0 Å². The lowest BCUT2D eigenvalue weighted by atomic mass is 10.0. The van der Waals surface area contributed by atoms with Gasteiger partial charge in [0, 0.05) is 26.2 Å². The predicted octanol–water partition coefficient (Wildman–Crippen LogP) is 2.86. The van der Waals surface area contributed by atoms with E-state index in [1.807, 2.05) is 34.6 Å². The van der Waals surface area contributed by atoms with Gasteiger partial charge >= 0.3 is 6.09 Å². The van der Waals surface area contributed by atoms with Crippen LogP contribution in [0, 0.1) is 13.8 Å². The Bertz CT molecular complexity index is 525. The van der Waals surface area contributed by atoms with E-state index < -0.39 is 5.60 Å². The maximum atomic E-state index is 12.1. The Balaban J connectivity index is 1.92. The SMILES string of the molecule is Cc1nc(C)c(N(C)C2CCN(C(=O)OC(C)(C)C)CC2)[nH]1. The average Bonchev–Trinajstić information content (AvgIpc) is 2.75. The van der Waals surface area contributed by atoms with Gasteiger partial charge in [-0.05, 0) is 47.5 Å². The predicted molar refractivity (Wildman–Crippen MR) is 87.3 cm³/mol. The zero-order valence-electron chi connectivity index (χ0n) is 14.6. The van der Waals surface area contributed by atoms with Gasteiger partial charge in [0.2, 0.25) is 0 Å². The molecular formula is C16H28N4O2. The Morgan fingerprint density at radius 3 is 2.36 bits per heavy atom. The Labute approximate surface area is 132 Å². The summed E-state index contributed by atoms with van der Waals surface area (Å²) in [6.45, 7) is 11.1. The van der Waals surface area contributed by atoms with Crippen molar-refractivity contribution in [3.8, 4) is 0 Å². The smallest absolute Gasteiger partial charge is 0.410 e. The molecule has 22 heavy (non-hydrogen) atoms. The molecule has 124 valence electrons. The number of anilines is 1. The number of H-pyrrole nitrogens is 1. The van der Waals surface area contributed by atoms with Crippen molar-refractivity contribution in [2.45, 2.75) is 59.1 Å². The number of ether oxygens (including phenoxy) is 1. The summed E-state index contributed by atoms with van der Waals surface area (Å²) in [4.78, 5) is 23.9. The van der Waals surface area contributed by atoms with Crippen LogP contribution in [0.2, 0.25) is 0 Å². The number of nitrogens with one attached hydrogen (secondary N) is 1. The number of imidazole rings is 1. The first-order valence-corrected chi connectivity index (χ1v) is 7.91. The van der Waals surface area contributed by atoms with Crippen LogP contribution in [0.15, 0.2) is 0 Å². The molecule has 1 saturated heterocycles. The minimum atomic E-state index is -0.435. The van der Waals surface area contributed by atoms with Crippen LogP contribution in [0.5, 0.6) is 0 Å². The minimum absolute atomic E-state index is 0.206. The molecule has 1 amide bonds. The zero-order valence-corrected chi connectivity index (χ0v) is 14.6. The van der Waals surface area contributed by atoms with Crippen molar-refractivity contribution >= 4 is 11.9 Å². The maximum absolute atomic E-state index is 12.1. The van der Waals surface area contributed by atoms with Crippen LogP contribution in [0.25, 0.3) is 0 Å². The number of carbonyl (C=O) groups is 1. The number of aromatic nitrogens is 2. The molecule has 0 saturated carbocycles. The van der Waals surface area contributed by atoms with Crippen LogP contribution in [0.3, 0.4) is 0 Å². The molecule has 2 rings (SSSR count). The van der Waals surface area contributed by atoms with Crippen molar-refractivity contribution in [1.82, 2.24) is 14.9 Å². The second-order valence-electron chi connectivity index (χ2n) is 7.07. The van der Waals surface area contributed by atoms with Gasteiger partial charge in [-0.1, -0.05) is 0 Å². The minimum Gasteiger partial charge on any atom is -0.444 e. The lowest BCUT2D eigenvalue weighted by Crippen LogP contribution is -2.47. The molecule has 1 aromatic rings. The molecular weight excluding hydrogens is 280 g/mol. The van der Waals surface area contributed by atoms with Gasteiger partial charge in [0.25, 0.3) is 0 Å². The molecule has 0 bridgehead atoms. The molecule has 0 aromatic carbocycles. The molecule has 1 fully saturated rings. The van der Waals surface area contributed by atoms with Crippen LogP contribution < -0.4 is 4.90 Å². The van der Waals surface area contributed by atoms with E-state index in [9.17, 15) is 4.79 Å². The van der Waals surface area contributed by atoms with Crippen molar-refractivity contribution in [1.29, 1.82) is 0 Å². The van der Waals surface area contributed by atoms with Gasteiger partial charge < -0.3 is 19.5 Å². The molecule has 1 N–H and O–H groups in total. The van der Waals surface area contributed by atoms with Crippen LogP contribution >= 0.6 is 0 Å². The number of hydrogen-bond donors (Lipinski definition) is 1. The number of likely N-dealkylation sites (tertiary alicyclic amines) is 1. The lowest BCUT2D eigenvalue weighted by molar-refractivity contribution is 0.0205. The Hall–Kier alpha value is -1.72. The monoisotopic (exact) mass is 308 g/mol. The summed E-state index contributed by atoms with van der Waals surface area (Å²) in [6.07, 6.45) is 1.67. The fourth-order valence-electron chi connectivity index (χ4n) is 2.88. The molecule has 1 aromatic heterocycles. The van der Waals surface area contributed by atoms with Crippen molar-refractivity contribution in [2.24, 2.45) is 0 Å². The number of carbonyl (C=O) groups excluding carboxylic acids is 1. The molecule has 0 radical (unpaired) electrons. The number of amides is 1. The number of nitrogens with zero attached hydrogens (tertiary/aromatic N) is 3. The fourth-order valence-corrected chi connectivity index (χ4v) is 2.88. The number of aryl methyl sites for hydroxylation is 2. The Morgan fingerprint density at radius 1 is 1.32 bits per heavy atom. The van der Waals surface area contributed by atoms with E-state index in [4.69, 9.17) is 4.74 Å². The molecule has 1 aliphatic rings. The van der Waals surface area contributed by atoms with Crippen molar-refractivity contribution in [3.05, 3.63) is 11.5 Å². The molecule has 6 heteroatoms. The quantitative estimate of drug-likeness (QED) is 0.912. The summed E-state index contributed by atoms with van der Waals surface area (Å²) in [7, 11) is 2.09. The summed E-state index contributed by atoms with van der Waals surface area (Å²) in [5.41, 5.74) is 0.588. The number of aromatic amines is 1.